The van der Waals surface area contributed by atoms with E-state index in [2.05, 4.69) is 4.72 Å². The lowest BCUT2D eigenvalue weighted by Gasteiger charge is -2.19. The summed E-state index contributed by atoms with van der Waals surface area (Å²) in [4.78, 5) is 0.157. The van der Waals surface area contributed by atoms with Crippen molar-refractivity contribution < 1.29 is 13.5 Å². The van der Waals surface area contributed by atoms with E-state index in [0.29, 0.717) is 11.3 Å². The van der Waals surface area contributed by atoms with Gasteiger partial charge in [0.05, 0.1) is 10.5 Å². The van der Waals surface area contributed by atoms with Crippen molar-refractivity contribution in [3.63, 3.8) is 0 Å². The van der Waals surface area contributed by atoms with Crippen LogP contribution in [0.5, 0.6) is 0 Å². The van der Waals surface area contributed by atoms with Gasteiger partial charge in [-0.05, 0) is 51.0 Å². The molecule has 0 aliphatic heterocycles. The Morgan fingerprint density at radius 2 is 1.89 bits per heavy atom. The van der Waals surface area contributed by atoms with E-state index in [1.165, 1.54) is 13.8 Å². The quantitative estimate of drug-likeness (QED) is 0.711. The summed E-state index contributed by atoms with van der Waals surface area (Å²) in [5.74, 6) is 0. The summed E-state index contributed by atoms with van der Waals surface area (Å²) in [5, 5.41) is 9.55. The van der Waals surface area contributed by atoms with Crippen molar-refractivity contribution in [2.75, 3.05) is 12.3 Å². The van der Waals surface area contributed by atoms with Gasteiger partial charge in [0.25, 0.3) is 0 Å². The highest BCUT2D eigenvalue weighted by atomic mass is 32.2. The van der Waals surface area contributed by atoms with Crippen molar-refractivity contribution in [2.24, 2.45) is 0 Å². The standard InChI is InChI=1S/C12H20N2O3S/c1-8-5-10(13)9(2)11(6-8)18(16,17)14-7-12(3,4)15/h5-6,14-15H,7,13H2,1-4H3. The molecule has 0 bridgehead atoms. The predicted octanol–water partition coefficient (Wildman–Crippen LogP) is 0.935. The van der Waals surface area contributed by atoms with Crippen LogP contribution in [0.3, 0.4) is 0 Å². The third-order valence-electron chi connectivity index (χ3n) is 2.53. The number of rotatable bonds is 4. The molecule has 0 radical (unpaired) electrons. The normalized spacial score (nSPS) is 12.7. The van der Waals surface area contributed by atoms with Gasteiger partial charge in [0.1, 0.15) is 0 Å². The first kappa shape index (κ1) is 14.9. The van der Waals surface area contributed by atoms with Gasteiger partial charge in [-0.3, -0.25) is 0 Å². The molecule has 0 amide bonds. The average molecular weight is 272 g/mol. The Morgan fingerprint density at radius 3 is 2.39 bits per heavy atom. The summed E-state index contributed by atoms with van der Waals surface area (Å²) in [6, 6.07) is 3.29. The first-order valence-corrected chi connectivity index (χ1v) is 7.10. The van der Waals surface area contributed by atoms with Crippen molar-refractivity contribution in [3.05, 3.63) is 23.3 Å². The van der Waals surface area contributed by atoms with Crippen molar-refractivity contribution >= 4 is 15.7 Å². The van der Waals surface area contributed by atoms with Crippen molar-refractivity contribution in [1.82, 2.24) is 4.72 Å². The number of aryl methyl sites for hydroxylation is 1. The van der Waals surface area contributed by atoms with E-state index in [9.17, 15) is 13.5 Å². The molecule has 102 valence electrons. The highest BCUT2D eigenvalue weighted by Crippen LogP contribution is 2.23. The fraction of sp³-hybridized carbons (Fsp3) is 0.500. The number of nitrogens with one attached hydrogen (secondary N) is 1. The maximum absolute atomic E-state index is 12.1. The molecule has 6 heteroatoms. The highest BCUT2D eigenvalue weighted by Gasteiger charge is 2.22. The van der Waals surface area contributed by atoms with E-state index in [-0.39, 0.29) is 11.4 Å². The smallest absolute Gasteiger partial charge is 0.241 e. The van der Waals surface area contributed by atoms with Crippen LogP contribution in [0.2, 0.25) is 0 Å². The molecule has 0 fully saturated rings. The molecule has 1 rings (SSSR count). The van der Waals surface area contributed by atoms with Crippen LogP contribution in [-0.2, 0) is 10.0 Å². The van der Waals surface area contributed by atoms with Gasteiger partial charge in [-0.15, -0.1) is 0 Å². The molecule has 0 aromatic heterocycles. The summed E-state index contributed by atoms with van der Waals surface area (Å²) in [7, 11) is -3.66. The summed E-state index contributed by atoms with van der Waals surface area (Å²) in [5.41, 5.74) is 6.40. The van der Waals surface area contributed by atoms with E-state index < -0.39 is 15.6 Å². The number of hydrogen-bond acceptors (Lipinski definition) is 4. The van der Waals surface area contributed by atoms with Crippen LogP contribution < -0.4 is 10.5 Å². The highest BCUT2D eigenvalue weighted by molar-refractivity contribution is 7.89. The second-order valence-electron chi connectivity index (χ2n) is 5.11. The molecule has 0 saturated carbocycles. The minimum Gasteiger partial charge on any atom is -0.398 e. The summed E-state index contributed by atoms with van der Waals surface area (Å²) < 4.78 is 26.6. The lowest BCUT2D eigenvalue weighted by molar-refractivity contribution is 0.0857. The first-order chi connectivity index (χ1) is 8.03. The van der Waals surface area contributed by atoms with Crippen molar-refractivity contribution in [1.29, 1.82) is 0 Å². The van der Waals surface area contributed by atoms with E-state index in [0.717, 1.165) is 5.56 Å². The van der Waals surface area contributed by atoms with Gasteiger partial charge in [-0.2, -0.15) is 0 Å². The minimum atomic E-state index is -3.66. The second kappa shape index (κ2) is 4.87. The molecule has 5 nitrogen and oxygen atoms in total. The monoisotopic (exact) mass is 272 g/mol. The van der Waals surface area contributed by atoms with Crippen LogP contribution in [0, 0.1) is 13.8 Å². The van der Waals surface area contributed by atoms with Gasteiger partial charge in [-0.25, -0.2) is 13.1 Å². The molecule has 0 saturated heterocycles. The minimum absolute atomic E-state index is 0.0530. The Hall–Kier alpha value is -1.11. The molecule has 0 unspecified atom stereocenters. The van der Waals surface area contributed by atoms with Gasteiger partial charge >= 0.3 is 0 Å². The lowest BCUT2D eigenvalue weighted by Crippen LogP contribution is -2.38. The predicted molar refractivity (Wildman–Crippen MR) is 71.8 cm³/mol. The number of sulfonamides is 1. The molecule has 18 heavy (non-hydrogen) atoms. The third kappa shape index (κ3) is 3.69. The number of nitrogens with two attached hydrogens (primary N) is 1. The lowest BCUT2D eigenvalue weighted by atomic mass is 10.1. The Balaban J connectivity index is 3.13. The zero-order chi connectivity index (χ0) is 14.1. The van der Waals surface area contributed by atoms with E-state index in [1.54, 1.807) is 26.0 Å². The number of aliphatic hydroxyl groups is 1. The number of anilines is 1. The molecular weight excluding hydrogens is 252 g/mol. The molecule has 0 aliphatic carbocycles. The van der Waals surface area contributed by atoms with Crippen LogP contribution in [0.15, 0.2) is 17.0 Å². The SMILES string of the molecule is Cc1cc(N)c(C)c(S(=O)(=O)NCC(C)(C)O)c1. The molecule has 0 atom stereocenters. The molecular formula is C12H20N2O3S. The summed E-state index contributed by atoms with van der Waals surface area (Å²) in [6.07, 6.45) is 0. The van der Waals surface area contributed by atoms with Crippen LogP contribution in [0.25, 0.3) is 0 Å². The fourth-order valence-electron chi connectivity index (χ4n) is 1.48. The largest absolute Gasteiger partial charge is 0.398 e. The van der Waals surface area contributed by atoms with E-state index in [1.807, 2.05) is 0 Å². The van der Waals surface area contributed by atoms with Gasteiger partial charge in [0.2, 0.25) is 10.0 Å². The molecule has 1 aromatic carbocycles. The third-order valence-corrected chi connectivity index (χ3v) is 4.06. The second-order valence-corrected chi connectivity index (χ2v) is 6.85. The number of benzene rings is 1. The molecule has 4 N–H and O–H groups in total. The average Bonchev–Trinajstić information content (AvgIpc) is 2.19. The Kier molecular flexibility index (Phi) is 4.05. The van der Waals surface area contributed by atoms with E-state index >= 15 is 0 Å². The van der Waals surface area contributed by atoms with E-state index in [4.69, 9.17) is 5.73 Å². The Bertz CT molecular complexity index is 545. The van der Waals surface area contributed by atoms with Gasteiger partial charge in [0, 0.05) is 12.2 Å². The molecule has 0 aliphatic rings. The van der Waals surface area contributed by atoms with Crippen LogP contribution in [0.1, 0.15) is 25.0 Å². The van der Waals surface area contributed by atoms with Gasteiger partial charge in [0.15, 0.2) is 0 Å². The first-order valence-electron chi connectivity index (χ1n) is 5.62. The number of hydrogen-bond donors (Lipinski definition) is 3. The van der Waals surface area contributed by atoms with Gasteiger partial charge < -0.3 is 10.8 Å². The topological polar surface area (TPSA) is 92.4 Å². The zero-order valence-electron chi connectivity index (χ0n) is 11.1. The van der Waals surface area contributed by atoms with Crippen LogP contribution >= 0.6 is 0 Å². The Labute approximate surface area is 108 Å². The summed E-state index contributed by atoms with van der Waals surface area (Å²) in [6.45, 7) is 6.46. The Morgan fingerprint density at radius 1 is 1.33 bits per heavy atom. The zero-order valence-corrected chi connectivity index (χ0v) is 11.9. The maximum Gasteiger partial charge on any atom is 0.241 e. The number of nitrogen functional groups attached to an aromatic ring is 1. The summed E-state index contributed by atoms with van der Waals surface area (Å²) >= 11 is 0. The maximum atomic E-state index is 12.1. The van der Waals surface area contributed by atoms with Crippen LogP contribution in [-0.4, -0.2) is 25.7 Å². The molecule has 1 aromatic rings. The van der Waals surface area contributed by atoms with Crippen molar-refractivity contribution in [3.8, 4) is 0 Å². The van der Waals surface area contributed by atoms with Crippen LogP contribution in [0.4, 0.5) is 5.69 Å². The van der Waals surface area contributed by atoms with Gasteiger partial charge in [-0.1, -0.05) is 0 Å². The molecule has 0 heterocycles. The fourth-order valence-corrected chi connectivity index (χ4v) is 3.04. The molecule has 0 spiro atoms. The van der Waals surface area contributed by atoms with Crippen molar-refractivity contribution in [2.45, 2.75) is 38.2 Å².